The van der Waals surface area contributed by atoms with E-state index in [1.807, 2.05) is 0 Å². The molecule has 9 N–H and O–H groups in total. The molecule has 2 fully saturated rings. The molecule has 4 rings (SSSR count). The zero-order chi connectivity index (χ0) is 28.9. The molecule has 24 heteroatoms. The maximum Gasteiger partial charge on any atom is 1.00 e. The van der Waals surface area contributed by atoms with Crippen LogP contribution >= 0.6 is 15.6 Å². The molecule has 40 heavy (non-hydrogen) atoms. The summed E-state index contributed by atoms with van der Waals surface area (Å²) in [4.78, 5) is 42.7. The summed E-state index contributed by atoms with van der Waals surface area (Å²) in [6, 6.07) is -1.15. The zero-order valence-electron chi connectivity index (χ0n) is 20.3. The molecule has 1 amide bonds. The van der Waals surface area contributed by atoms with E-state index in [9.17, 15) is 49.2 Å². The molecule has 0 radical (unpaired) electrons. The summed E-state index contributed by atoms with van der Waals surface area (Å²) in [7, 11) is -11.4. The Morgan fingerprint density at radius 2 is 1.73 bits per heavy atom. The van der Waals surface area contributed by atoms with Gasteiger partial charge in [-0.25, -0.2) is 8.88 Å². The number of guanidine groups is 1. The summed E-state index contributed by atoms with van der Waals surface area (Å²) < 4.78 is 47.5. The van der Waals surface area contributed by atoms with Gasteiger partial charge in [-0.3, -0.25) is 39.0 Å². The minimum Gasteiger partial charge on any atom is -0.756 e. The van der Waals surface area contributed by atoms with Crippen molar-refractivity contribution in [2.24, 2.45) is 9.98 Å². The van der Waals surface area contributed by atoms with Crippen molar-refractivity contribution in [1.29, 1.82) is 5.41 Å². The standard InChI is InChI=1S/C16H25N5O16P2.Na/c17-16-19-12-6(13(28)20-16)18-3-21(12)14-10(26)8(24)5(34-14)2-33-38(29,30)37-39(31,32)36-15-11(27)9(25)7(23)4(1-22)35-15;/h3-11,14-15,22-27H,1-2H2,(H,29,30)(H,31,32)(H2,17,20,28);/q;+1/p-1/t4-,5-,6?,7-,8-,9+,10-,11+,14-,15?;/m1./s1. The normalized spacial score (nSPS) is 40.5. The van der Waals surface area contributed by atoms with Crippen LogP contribution in [-0.4, -0.2) is 139 Å². The molecule has 0 aromatic heterocycles. The topological polar surface area (TPSA) is 326 Å². The summed E-state index contributed by atoms with van der Waals surface area (Å²) in [5.74, 6) is -1.29. The Morgan fingerprint density at radius 1 is 1.07 bits per heavy atom. The molecule has 4 heterocycles. The van der Waals surface area contributed by atoms with Gasteiger partial charge in [0.1, 0.15) is 42.7 Å². The molecular weight excluding hydrogens is 603 g/mol. The number of hydrogen-bond donors (Lipinski definition) is 9. The van der Waals surface area contributed by atoms with Crippen LogP contribution in [0.5, 0.6) is 0 Å². The number of phosphoric ester groups is 2. The van der Waals surface area contributed by atoms with Crippen molar-refractivity contribution in [3.8, 4) is 0 Å². The Morgan fingerprint density at radius 3 is 2.38 bits per heavy atom. The number of nitrogens with one attached hydrogen (secondary N) is 2. The van der Waals surface area contributed by atoms with E-state index < -0.39 is 102 Å². The van der Waals surface area contributed by atoms with Gasteiger partial charge in [-0.15, -0.1) is 0 Å². The van der Waals surface area contributed by atoms with Gasteiger partial charge < -0.3 is 49.9 Å². The van der Waals surface area contributed by atoms with Gasteiger partial charge in [0.25, 0.3) is 13.7 Å². The Balaban J connectivity index is 0.00000441. The van der Waals surface area contributed by atoms with E-state index >= 15 is 0 Å². The predicted molar refractivity (Wildman–Crippen MR) is 117 cm³/mol. The van der Waals surface area contributed by atoms with Crippen LogP contribution in [0.4, 0.5) is 0 Å². The number of rotatable bonds is 9. The second-order valence-corrected chi connectivity index (χ2v) is 11.5. The second-order valence-electron chi connectivity index (χ2n) is 8.52. The number of carbonyl (C=O) groups is 1. The fourth-order valence-corrected chi connectivity index (χ4v) is 6.07. The van der Waals surface area contributed by atoms with E-state index in [1.54, 1.807) is 0 Å². The third kappa shape index (κ3) is 7.05. The number of phosphoric acid groups is 2. The van der Waals surface area contributed by atoms with E-state index in [-0.39, 0.29) is 35.4 Å². The Bertz CT molecular complexity index is 1140. The van der Waals surface area contributed by atoms with Gasteiger partial charge in [0, 0.05) is 0 Å². The van der Waals surface area contributed by atoms with Crippen LogP contribution in [0, 0.1) is 5.41 Å². The van der Waals surface area contributed by atoms with Gasteiger partial charge >= 0.3 is 37.4 Å². The van der Waals surface area contributed by atoms with Crippen molar-refractivity contribution in [3.63, 3.8) is 0 Å². The monoisotopic (exact) mass is 627 g/mol. The molecule has 0 saturated carbocycles. The number of aliphatic hydroxyl groups excluding tert-OH is 6. The molecule has 220 valence electrons. The van der Waals surface area contributed by atoms with Gasteiger partial charge in [0.05, 0.1) is 19.6 Å². The average Bonchev–Trinajstić information content (AvgIpc) is 3.38. The number of aliphatic hydroxyl groups is 6. The summed E-state index contributed by atoms with van der Waals surface area (Å²) in [5, 5.41) is 68.8. The van der Waals surface area contributed by atoms with Gasteiger partial charge in [-0.1, -0.05) is 0 Å². The minimum atomic E-state index is -5.85. The Kier molecular flexibility index (Phi) is 10.8. The molecule has 0 aromatic rings. The average molecular weight is 627 g/mol. The maximum atomic E-state index is 12.2. The summed E-state index contributed by atoms with van der Waals surface area (Å²) >= 11 is 0. The van der Waals surface area contributed by atoms with Crippen molar-refractivity contribution < 1.29 is 107 Å². The largest absolute Gasteiger partial charge is 1.00 e. The number of ether oxygens (including phenoxy) is 2. The number of amides is 1. The fraction of sp³-hybridized carbons (Fsp3) is 0.750. The van der Waals surface area contributed by atoms with Gasteiger partial charge in [0.2, 0.25) is 5.96 Å². The second kappa shape index (κ2) is 12.8. The Labute approximate surface area is 246 Å². The summed E-state index contributed by atoms with van der Waals surface area (Å²) in [6.45, 7) is -1.94. The third-order valence-electron chi connectivity index (χ3n) is 5.86. The number of amidine groups is 1. The van der Waals surface area contributed by atoms with Crippen LogP contribution in [0.25, 0.3) is 0 Å². The number of aliphatic imine (C=N–C) groups is 2. The first-order valence-electron chi connectivity index (χ1n) is 10.9. The first-order chi connectivity index (χ1) is 18.1. The summed E-state index contributed by atoms with van der Waals surface area (Å²) in [6.07, 6.45) is -15.3. The molecule has 4 aliphatic rings. The molecule has 4 aliphatic heterocycles. The molecule has 12 atom stereocenters. The zero-order valence-corrected chi connectivity index (χ0v) is 24.1. The first-order valence-corrected chi connectivity index (χ1v) is 13.9. The van der Waals surface area contributed by atoms with E-state index in [4.69, 9.17) is 20.0 Å². The Hall–Kier alpha value is -0.780. The van der Waals surface area contributed by atoms with Gasteiger partial charge in [-0.05, 0) is 0 Å². The fourth-order valence-electron chi connectivity index (χ4n) is 3.95. The number of nitrogens with zero attached hydrogens (tertiary/aromatic N) is 3. The SMILES string of the molecule is N=C1N=C2C(N=CN2[C@@H]2O[C@H](COP(=O)(O)OP(=O)([O-])OC3O[C@H](CO)[C@@H](O)[C@H](O)[C@@H]3O)[C@@H](O)[C@H]2O)C(=O)N1.[Na+]. The van der Waals surface area contributed by atoms with Crippen molar-refractivity contribution >= 4 is 39.7 Å². The third-order valence-corrected chi connectivity index (χ3v) is 8.43. The van der Waals surface area contributed by atoms with Crippen LogP contribution in [-0.2, 0) is 36.8 Å². The van der Waals surface area contributed by atoms with Crippen molar-refractivity contribution in [2.75, 3.05) is 13.2 Å². The maximum absolute atomic E-state index is 12.2. The van der Waals surface area contributed by atoms with Crippen LogP contribution in [0.2, 0.25) is 0 Å². The van der Waals surface area contributed by atoms with Gasteiger partial charge in [0.15, 0.2) is 24.4 Å². The summed E-state index contributed by atoms with van der Waals surface area (Å²) in [5.41, 5.74) is 0. The molecule has 0 bridgehead atoms. The van der Waals surface area contributed by atoms with Crippen LogP contribution < -0.4 is 39.8 Å². The van der Waals surface area contributed by atoms with E-state index in [0.29, 0.717) is 0 Å². The number of carbonyl (C=O) groups excluding carboxylic acids is 1. The van der Waals surface area contributed by atoms with E-state index in [2.05, 4.69) is 28.7 Å². The van der Waals surface area contributed by atoms with E-state index in [0.717, 1.165) is 11.2 Å². The van der Waals surface area contributed by atoms with Crippen LogP contribution in [0.15, 0.2) is 9.98 Å². The van der Waals surface area contributed by atoms with Crippen LogP contribution in [0.1, 0.15) is 0 Å². The minimum absolute atomic E-state index is 0. The predicted octanol–water partition coefficient (Wildman–Crippen LogP) is -8.97. The van der Waals surface area contributed by atoms with Crippen molar-refractivity contribution in [1.82, 2.24) is 10.2 Å². The molecular formula is C16H24N5NaO16P2. The molecule has 0 aliphatic carbocycles. The smallest absolute Gasteiger partial charge is 0.756 e. The van der Waals surface area contributed by atoms with Crippen molar-refractivity contribution in [3.05, 3.63) is 0 Å². The first kappa shape index (κ1) is 33.7. The van der Waals surface area contributed by atoms with Crippen LogP contribution in [0.3, 0.4) is 0 Å². The molecule has 0 spiro atoms. The molecule has 0 aromatic carbocycles. The molecule has 2 saturated heterocycles. The molecule has 21 nitrogen and oxygen atoms in total. The van der Waals surface area contributed by atoms with E-state index in [1.165, 1.54) is 0 Å². The quantitative estimate of drug-likeness (QED) is 0.0846. The van der Waals surface area contributed by atoms with Crippen molar-refractivity contribution in [2.45, 2.75) is 61.3 Å². The molecule has 4 unspecified atom stereocenters. The number of fused-ring (bicyclic) bond motifs is 1. The van der Waals surface area contributed by atoms with Gasteiger partial charge in [-0.2, -0.15) is 4.99 Å². The number of hydrogen-bond acceptors (Lipinski definition) is 18.